The summed E-state index contributed by atoms with van der Waals surface area (Å²) in [4.78, 5) is 23.7. The number of aryl methyl sites for hydroxylation is 2. The maximum Gasteiger partial charge on any atom is 0.313 e. The lowest BCUT2D eigenvalue weighted by molar-refractivity contribution is -0.141. The van der Waals surface area contributed by atoms with Crippen LogP contribution in [0.4, 0.5) is 0 Å². The zero-order valence-corrected chi connectivity index (χ0v) is 14.6. The van der Waals surface area contributed by atoms with Crippen LogP contribution < -0.4 is 4.74 Å². The molecule has 0 amide bonds. The SMILES string of the molecule is COC(=O)CC(C)(C)c1c(C)cc(C)cc1OC(=O)C(C)C. The van der Waals surface area contributed by atoms with E-state index in [2.05, 4.69) is 0 Å². The Morgan fingerprint density at radius 3 is 2.27 bits per heavy atom. The van der Waals surface area contributed by atoms with Crippen molar-refractivity contribution in [3.8, 4) is 5.75 Å². The number of ether oxygens (including phenoxy) is 2. The Morgan fingerprint density at radius 1 is 1.18 bits per heavy atom. The van der Waals surface area contributed by atoms with Gasteiger partial charge in [0.25, 0.3) is 0 Å². The lowest BCUT2D eigenvalue weighted by atomic mass is 9.78. The molecule has 0 heterocycles. The van der Waals surface area contributed by atoms with Crippen LogP contribution in [-0.2, 0) is 19.7 Å². The van der Waals surface area contributed by atoms with Gasteiger partial charge in [0, 0.05) is 11.0 Å². The van der Waals surface area contributed by atoms with Gasteiger partial charge in [0.15, 0.2) is 0 Å². The van der Waals surface area contributed by atoms with Gasteiger partial charge in [-0.15, -0.1) is 0 Å². The number of hydrogen-bond donors (Lipinski definition) is 0. The summed E-state index contributed by atoms with van der Waals surface area (Å²) < 4.78 is 10.4. The van der Waals surface area contributed by atoms with Gasteiger partial charge in [-0.1, -0.05) is 33.8 Å². The van der Waals surface area contributed by atoms with E-state index in [0.29, 0.717) is 5.75 Å². The van der Waals surface area contributed by atoms with Gasteiger partial charge in [0.2, 0.25) is 0 Å². The monoisotopic (exact) mass is 306 g/mol. The van der Waals surface area contributed by atoms with Crippen molar-refractivity contribution in [2.75, 3.05) is 7.11 Å². The van der Waals surface area contributed by atoms with Crippen molar-refractivity contribution < 1.29 is 19.1 Å². The molecule has 0 saturated carbocycles. The van der Waals surface area contributed by atoms with Crippen molar-refractivity contribution in [3.63, 3.8) is 0 Å². The first kappa shape index (κ1) is 18.2. The molecule has 0 atom stereocenters. The molecule has 0 unspecified atom stereocenters. The number of hydrogen-bond acceptors (Lipinski definition) is 4. The Bertz CT molecular complexity index is 571. The predicted molar refractivity (Wildman–Crippen MR) is 86.0 cm³/mol. The van der Waals surface area contributed by atoms with Crippen molar-refractivity contribution in [1.82, 2.24) is 0 Å². The molecule has 0 aliphatic rings. The summed E-state index contributed by atoms with van der Waals surface area (Å²) in [5.41, 5.74) is 2.40. The smallest absolute Gasteiger partial charge is 0.313 e. The molecule has 0 aliphatic carbocycles. The highest BCUT2D eigenvalue weighted by molar-refractivity contribution is 5.76. The molecule has 0 saturated heterocycles. The van der Waals surface area contributed by atoms with Gasteiger partial charge in [0.1, 0.15) is 5.75 Å². The van der Waals surface area contributed by atoms with E-state index in [0.717, 1.165) is 16.7 Å². The molecule has 0 bridgehead atoms. The lowest BCUT2D eigenvalue weighted by Gasteiger charge is -2.28. The summed E-state index contributed by atoms with van der Waals surface area (Å²) >= 11 is 0. The normalized spacial score (nSPS) is 11.5. The number of carbonyl (C=O) groups is 2. The average Bonchev–Trinajstić information content (AvgIpc) is 2.36. The summed E-state index contributed by atoms with van der Waals surface area (Å²) in [6.45, 7) is 11.4. The highest BCUT2D eigenvalue weighted by Gasteiger charge is 2.31. The molecule has 122 valence electrons. The zero-order valence-electron chi connectivity index (χ0n) is 14.6. The summed E-state index contributed by atoms with van der Waals surface area (Å²) in [6, 6.07) is 3.88. The van der Waals surface area contributed by atoms with E-state index in [4.69, 9.17) is 9.47 Å². The highest BCUT2D eigenvalue weighted by Crippen LogP contribution is 2.38. The molecule has 1 aromatic rings. The molecule has 22 heavy (non-hydrogen) atoms. The second-order valence-corrected chi connectivity index (χ2v) is 6.67. The molecule has 0 aromatic heterocycles. The molecule has 1 aromatic carbocycles. The quantitative estimate of drug-likeness (QED) is 0.615. The summed E-state index contributed by atoms with van der Waals surface area (Å²) in [5.74, 6) is -0.242. The fourth-order valence-electron chi connectivity index (χ4n) is 2.62. The number of carbonyl (C=O) groups excluding carboxylic acids is 2. The first-order valence-corrected chi connectivity index (χ1v) is 7.48. The van der Waals surface area contributed by atoms with Crippen molar-refractivity contribution >= 4 is 11.9 Å². The third kappa shape index (κ3) is 4.33. The first-order chi connectivity index (χ1) is 10.1. The van der Waals surface area contributed by atoms with E-state index >= 15 is 0 Å². The summed E-state index contributed by atoms with van der Waals surface area (Å²) in [5, 5.41) is 0. The molecule has 0 fully saturated rings. The van der Waals surface area contributed by atoms with Gasteiger partial charge in [-0.25, -0.2) is 0 Å². The Morgan fingerprint density at radius 2 is 1.77 bits per heavy atom. The molecular formula is C18H26O4. The molecule has 0 N–H and O–H groups in total. The second kappa shape index (κ2) is 6.95. The number of esters is 2. The van der Waals surface area contributed by atoms with Gasteiger partial charge >= 0.3 is 11.9 Å². The maximum atomic E-state index is 12.0. The Kier molecular flexibility index (Phi) is 5.75. The number of methoxy groups -OCH3 is 1. The molecule has 0 aliphatic heterocycles. The standard InChI is InChI=1S/C18H26O4/c1-11(2)17(20)22-14-9-12(3)8-13(4)16(14)18(5,6)10-15(19)21-7/h8-9,11H,10H2,1-7H3. The van der Waals surface area contributed by atoms with E-state index in [9.17, 15) is 9.59 Å². The Hall–Kier alpha value is -1.84. The van der Waals surface area contributed by atoms with Crippen LogP contribution in [0.25, 0.3) is 0 Å². The third-order valence-electron chi connectivity index (χ3n) is 3.62. The third-order valence-corrected chi connectivity index (χ3v) is 3.62. The van der Waals surface area contributed by atoms with Crippen molar-refractivity contribution in [1.29, 1.82) is 0 Å². The first-order valence-electron chi connectivity index (χ1n) is 7.48. The minimum absolute atomic E-state index is 0.211. The van der Waals surface area contributed by atoms with Crippen LogP contribution in [0.2, 0.25) is 0 Å². The van der Waals surface area contributed by atoms with Crippen LogP contribution in [0.15, 0.2) is 12.1 Å². The van der Waals surface area contributed by atoms with Crippen LogP contribution in [0.5, 0.6) is 5.75 Å². The molecule has 4 nitrogen and oxygen atoms in total. The van der Waals surface area contributed by atoms with E-state index in [1.165, 1.54) is 7.11 Å². The van der Waals surface area contributed by atoms with E-state index in [1.54, 1.807) is 13.8 Å². The zero-order chi connectivity index (χ0) is 17.1. The minimum Gasteiger partial charge on any atom is -0.469 e. The predicted octanol–water partition coefficient (Wildman–Crippen LogP) is 3.71. The molecule has 0 radical (unpaired) electrons. The fraction of sp³-hybridized carbons (Fsp3) is 0.556. The van der Waals surface area contributed by atoms with Gasteiger partial charge < -0.3 is 9.47 Å². The minimum atomic E-state index is -0.489. The van der Waals surface area contributed by atoms with Crippen LogP contribution in [-0.4, -0.2) is 19.0 Å². The van der Waals surface area contributed by atoms with Gasteiger partial charge in [0.05, 0.1) is 19.4 Å². The van der Waals surface area contributed by atoms with Crippen molar-refractivity contribution in [2.24, 2.45) is 5.92 Å². The molecule has 4 heteroatoms. The van der Waals surface area contributed by atoms with E-state index < -0.39 is 5.41 Å². The number of benzene rings is 1. The second-order valence-electron chi connectivity index (χ2n) is 6.67. The maximum absolute atomic E-state index is 12.0. The average molecular weight is 306 g/mol. The van der Waals surface area contributed by atoms with Gasteiger partial charge in [-0.3, -0.25) is 9.59 Å². The largest absolute Gasteiger partial charge is 0.469 e. The van der Waals surface area contributed by atoms with Crippen molar-refractivity contribution in [3.05, 3.63) is 28.8 Å². The Labute approximate surface area is 132 Å². The van der Waals surface area contributed by atoms with Gasteiger partial charge in [-0.2, -0.15) is 0 Å². The molecular weight excluding hydrogens is 280 g/mol. The molecule has 1 rings (SSSR count). The topological polar surface area (TPSA) is 52.6 Å². The lowest BCUT2D eigenvalue weighted by Crippen LogP contribution is -2.26. The van der Waals surface area contributed by atoms with Crippen LogP contribution in [0, 0.1) is 19.8 Å². The summed E-state index contributed by atoms with van der Waals surface area (Å²) in [7, 11) is 1.38. The van der Waals surface area contributed by atoms with Gasteiger partial charge in [-0.05, 0) is 31.0 Å². The Balaban J connectivity index is 3.33. The number of rotatable bonds is 5. The van der Waals surface area contributed by atoms with Crippen LogP contribution in [0.3, 0.4) is 0 Å². The van der Waals surface area contributed by atoms with Crippen LogP contribution >= 0.6 is 0 Å². The van der Waals surface area contributed by atoms with E-state index in [1.807, 2.05) is 39.8 Å². The van der Waals surface area contributed by atoms with Crippen LogP contribution in [0.1, 0.15) is 50.8 Å². The highest BCUT2D eigenvalue weighted by atomic mass is 16.5. The fourth-order valence-corrected chi connectivity index (χ4v) is 2.62. The van der Waals surface area contributed by atoms with Crippen molar-refractivity contribution in [2.45, 2.75) is 53.4 Å². The van der Waals surface area contributed by atoms with E-state index in [-0.39, 0.29) is 24.3 Å². The molecule has 0 spiro atoms. The summed E-state index contributed by atoms with van der Waals surface area (Å²) in [6.07, 6.45) is 0.222.